The van der Waals surface area contributed by atoms with Crippen LogP contribution in [0, 0.1) is 16.4 Å². The average Bonchev–Trinajstić information content (AvgIpc) is 2.96. The Morgan fingerprint density at radius 3 is 2.72 bits per heavy atom. The molecule has 32 heavy (non-hydrogen) atoms. The largest absolute Gasteiger partial charge is 0.497 e. The van der Waals surface area contributed by atoms with Gasteiger partial charge in [0, 0.05) is 50.4 Å². The third-order valence-corrected chi connectivity index (χ3v) is 5.40. The number of ether oxygens (including phenoxy) is 1. The van der Waals surface area contributed by atoms with Gasteiger partial charge in [-0.05, 0) is 36.4 Å². The fourth-order valence-electron chi connectivity index (χ4n) is 3.65. The number of rotatable bonds is 4. The first-order valence-corrected chi connectivity index (χ1v) is 10.3. The van der Waals surface area contributed by atoms with Gasteiger partial charge in [0.25, 0.3) is 0 Å². The van der Waals surface area contributed by atoms with Gasteiger partial charge in [0.2, 0.25) is 5.95 Å². The van der Waals surface area contributed by atoms with Crippen molar-refractivity contribution in [1.82, 2.24) is 15.3 Å². The summed E-state index contributed by atoms with van der Waals surface area (Å²) in [5.74, 6) is 0.832. The van der Waals surface area contributed by atoms with E-state index in [2.05, 4.69) is 15.6 Å². The monoisotopic (exact) mass is 444 g/mol. The predicted octanol–water partition coefficient (Wildman–Crippen LogP) is 3.81. The molecule has 7 heteroatoms. The molecule has 0 bridgehead atoms. The molecule has 0 spiro atoms. The van der Waals surface area contributed by atoms with E-state index in [1.807, 2.05) is 36.4 Å². The summed E-state index contributed by atoms with van der Waals surface area (Å²) in [5, 5.41) is 10.1. The van der Waals surface area contributed by atoms with Crippen LogP contribution in [-0.4, -0.2) is 17.1 Å². The molecule has 0 saturated carbocycles. The van der Waals surface area contributed by atoms with Gasteiger partial charge in [0.15, 0.2) is 0 Å². The Hall–Kier alpha value is -3.90. The number of hydrogen-bond acceptors (Lipinski definition) is 5. The van der Waals surface area contributed by atoms with Crippen LogP contribution >= 0.6 is 11.6 Å². The molecule has 0 fully saturated rings. The summed E-state index contributed by atoms with van der Waals surface area (Å²) >= 11 is 6.31. The highest BCUT2D eigenvalue weighted by molar-refractivity contribution is 6.30. The molecular weight excluding hydrogens is 427 g/mol. The van der Waals surface area contributed by atoms with Crippen LogP contribution in [-0.2, 0) is 0 Å². The van der Waals surface area contributed by atoms with Gasteiger partial charge in [-0.1, -0.05) is 35.9 Å². The van der Waals surface area contributed by atoms with Crippen LogP contribution in [0.15, 0.2) is 72.9 Å². The number of nitrogens with one attached hydrogen (secondary N) is 2. The lowest BCUT2D eigenvalue weighted by Gasteiger charge is -2.09. The van der Waals surface area contributed by atoms with Crippen molar-refractivity contribution in [2.75, 3.05) is 12.4 Å². The number of methoxy groups -OCH3 is 1. The van der Waals surface area contributed by atoms with Gasteiger partial charge in [0.1, 0.15) is 11.6 Å². The van der Waals surface area contributed by atoms with Crippen LogP contribution in [0.2, 0.25) is 5.02 Å². The third kappa shape index (κ3) is 3.76. The minimum Gasteiger partial charge on any atom is -0.497 e. The van der Waals surface area contributed by atoms with Gasteiger partial charge in [-0.3, -0.25) is 0 Å². The molecule has 1 aliphatic rings. The lowest BCUT2D eigenvalue weighted by molar-refractivity contribution is 0.415. The summed E-state index contributed by atoms with van der Waals surface area (Å²) in [6, 6.07) is 19.6. The number of nitrogens with zero attached hydrogens (tertiary/aromatic N) is 2. The smallest absolute Gasteiger partial charge is 0.227 e. The number of fused-ring (bicyclic) bond motifs is 2. The van der Waals surface area contributed by atoms with E-state index in [1.165, 1.54) is 6.07 Å². The summed E-state index contributed by atoms with van der Waals surface area (Å²) in [6.45, 7) is 0. The van der Waals surface area contributed by atoms with E-state index in [9.17, 15) is 4.39 Å². The number of aromatic nitrogens is 2. The number of anilines is 2. The lowest BCUT2D eigenvalue weighted by Crippen LogP contribution is -2.18. The van der Waals surface area contributed by atoms with Crippen LogP contribution in [0.5, 0.6) is 5.75 Å². The Morgan fingerprint density at radius 1 is 1.00 bits per heavy atom. The van der Waals surface area contributed by atoms with Gasteiger partial charge < -0.3 is 15.4 Å². The molecular formula is C25H18ClFN4O. The molecule has 0 unspecified atom stereocenters. The fraction of sp³-hybridized carbons (Fsp3) is 0.0400. The molecule has 0 atom stereocenters. The molecule has 3 aromatic carbocycles. The van der Waals surface area contributed by atoms with Gasteiger partial charge >= 0.3 is 0 Å². The zero-order chi connectivity index (χ0) is 22.1. The second-order valence-corrected chi connectivity index (χ2v) is 7.62. The van der Waals surface area contributed by atoms with Crippen molar-refractivity contribution in [2.24, 2.45) is 0 Å². The Bertz CT molecular complexity index is 1560. The first-order chi connectivity index (χ1) is 15.6. The molecule has 158 valence electrons. The van der Waals surface area contributed by atoms with Crippen molar-refractivity contribution in [1.29, 1.82) is 0 Å². The van der Waals surface area contributed by atoms with E-state index in [4.69, 9.17) is 21.3 Å². The van der Waals surface area contributed by atoms with Gasteiger partial charge in [-0.15, -0.1) is 0 Å². The highest BCUT2D eigenvalue weighted by Gasteiger charge is 2.11. The van der Waals surface area contributed by atoms with Crippen LogP contribution in [0.4, 0.5) is 16.0 Å². The van der Waals surface area contributed by atoms with E-state index >= 15 is 0 Å². The lowest BCUT2D eigenvalue weighted by atomic mass is 10.1. The van der Waals surface area contributed by atoms with E-state index in [-0.39, 0.29) is 5.82 Å². The molecule has 2 heterocycles. The molecule has 0 amide bonds. The third-order valence-electron chi connectivity index (χ3n) is 5.16. The SMILES string of the molecule is COc1cccc(Nc2ncc3c(n2)=c2ccc(Cl)cc2=C(c2ccccc2F)NC=3)c1. The zero-order valence-corrected chi connectivity index (χ0v) is 17.8. The van der Waals surface area contributed by atoms with Crippen LogP contribution in [0.1, 0.15) is 5.56 Å². The molecule has 5 nitrogen and oxygen atoms in total. The summed E-state index contributed by atoms with van der Waals surface area (Å²) < 4.78 is 19.9. The minimum atomic E-state index is -0.327. The highest BCUT2D eigenvalue weighted by atomic mass is 35.5. The highest BCUT2D eigenvalue weighted by Crippen LogP contribution is 2.19. The zero-order valence-electron chi connectivity index (χ0n) is 17.1. The van der Waals surface area contributed by atoms with Crippen LogP contribution in [0.3, 0.4) is 0 Å². The second kappa shape index (κ2) is 8.32. The maximum Gasteiger partial charge on any atom is 0.227 e. The van der Waals surface area contributed by atoms with Crippen molar-refractivity contribution in [3.05, 3.63) is 110 Å². The maximum atomic E-state index is 14.6. The number of benzene rings is 3. The summed E-state index contributed by atoms with van der Waals surface area (Å²) in [6.07, 6.45) is 3.50. The van der Waals surface area contributed by atoms with Gasteiger partial charge in [0.05, 0.1) is 18.2 Å². The molecule has 0 radical (unpaired) electrons. The normalized spacial score (nSPS) is 12.0. The maximum absolute atomic E-state index is 14.6. The van der Waals surface area contributed by atoms with Gasteiger partial charge in [-0.25, -0.2) is 14.4 Å². The first kappa shape index (κ1) is 20.0. The molecule has 1 aliphatic heterocycles. The van der Waals surface area contributed by atoms with Crippen LogP contribution < -0.4 is 25.8 Å². The van der Waals surface area contributed by atoms with Crippen molar-refractivity contribution in [3.8, 4) is 5.75 Å². The summed E-state index contributed by atoms with van der Waals surface area (Å²) in [7, 11) is 1.62. The molecule has 0 saturated heterocycles. The Kier molecular flexibility index (Phi) is 5.21. The van der Waals surface area contributed by atoms with Crippen molar-refractivity contribution >= 4 is 35.1 Å². The Labute approximate surface area is 188 Å². The van der Waals surface area contributed by atoms with Crippen molar-refractivity contribution in [2.45, 2.75) is 0 Å². The molecule has 1 aromatic heterocycles. The number of halogens is 2. The van der Waals surface area contributed by atoms with E-state index in [0.717, 1.165) is 27.1 Å². The Morgan fingerprint density at radius 2 is 1.88 bits per heavy atom. The minimum absolute atomic E-state index is 0.327. The summed E-state index contributed by atoms with van der Waals surface area (Å²) in [5.41, 5.74) is 1.86. The number of hydrogen-bond donors (Lipinski definition) is 2. The average molecular weight is 445 g/mol. The van der Waals surface area contributed by atoms with Gasteiger partial charge in [-0.2, -0.15) is 0 Å². The molecule has 4 aromatic rings. The molecule has 0 aliphatic carbocycles. The van der Waals surface area contributed by atoms with E-state index < -0.39 is 0 Å². The molecule has 5 rings (SSSR count). The summed E-state index contributed by atoms with van der Waals surface area (Å²) in [4.78, 5) is 9.21. The van der Waals surface area contributed by atoms with Crippen LogP contribution in [0.25, 0.3) is 11.9 Å². The van der Waals surface area contributed by atoms with Crippen molar-refractivity contribution in [3.63, 3.8) is 0 Å². The quantitative estimate of drug-likeness (QED) is 0.501. The fourth-order valence-corrected chi connectivity index (χ4v) is 3.82. The van der Waals surface area contributed by atoms with E-state index in [1.54, 1.807) is 43.8 Å². The first-order valence-electron chi connectivity index (χ1n) is 9.92. The molecule has 2 N–H and O–H groups in total. The van der Waals surface area contributed by atoms with E-state index in [0.29, 0.717) is 27.6 Å². The van der Waals surface area contributed by atoms with Crippen molar-refractivity contribution < 1.29 is 9.13 Å². The topological polar surface area (TPSA) is 59.1 Å². The standard InChI is InChI=1S/C25H18ClFN4O/c1-32-18-6-4-5-17(12-18)30-25-29-14-15-13-28-24(20-7-2-3-8-22(20)27)21-11-16(26)9-10-19(21)23(15)31-25/h2-14,28H,1H3,(H,30,31). The Balaban J connectivity index is 1.77. The second-order valence-electron chi connectivity index (χ2n) is 7.19. The predicted molar refractivity (Wildman–Crippen MR) is 123 cm³/mol.